The highest BCUT2D eigenvalue weighted by Crippen LogP contribution is 2.27. The molecule has 0 aliphatic rings. The van der Waals surface area contributed by atoms with Gasteiger partial charge in [-0.3, -0.25) is 4.79 Å². The fraction of sp³-hybridized carbons (Fsp3) is 0.714. The maximum absolute atomic E-state index is 12.1. The topological polar surface area (TPSA) is 67.2 Å². The molecule has 1 atom stereocenters. The summed E-state index contributed by atoms with van der Waals surface area (Å²) in [6, 6.07) is 0.0621. The summed E-state index contributed by atoms with van der Waals surface area (Å²) in [5, 5.41) is 16.7. The molecule has 0 saturated carbocycles. The molecule has 1 unspecified atom stereocenters. The molecule has 5 nitrogen and oxygen atoms in total. The maximum Gasteiger partial charge on any atom is 0.283 e. The fourth-order valence-corrected chi connectivity index (χ4v) is 2.40. The minimum Gasteiger partial charge on any atom is -0.396 e. The van der Waals surface area contributed by atoms with Gasteiger partial charge in [0.05, 0.1) is 11.9 Å². The quantitative estimate of drug-likeness (QED) is 0.831. The van der Waals surface area contributed by atoms with Crippen LogP contribution in [0.15, 0.2) is 15.5 Å². The summed E-state index contributed by atoms with van der Waals surface area (Å²) in [5.41, 5.74) is 0.518. The molecule has 0 aliphatic heterocycles. The Morgan fingerprint density at radius 2 is 2.15 bits per heavy atom. The van der Waals surface area contributed by atoms with Crippen molar-refractivity contribution in [1.82, 2.24) is 9.78 Å². The molecule has 0 saturated heterocycles. The van der Waals surface area contributed by atoms with Gasteiger partial charge in [-0.15, -0.1) is 0 Å². The van der Waals surface area contributed by atoms with Crippen molar-refractivity contribution in [2.75, 3.05) is 11.9 Å². The van der Waals surface area contributed by atoms with E-state index in [9.17, 15) is 9.90 Å². The number of aryl methyl sites for hydroxylation is 1. The molecule has 1 aromatic heterocycles. The number of rotatable bonds is 6. The standard InChI is InChI=1S/C14H24BrN3O2/c1-5-7-18-13(20)12(15)10(9-16-18)17-11(6-8-19)14(2,3)4/h9,11,17,19H,5-8H2,1-4H3. The highest BCUT2D eigenvalue weighted by molar-refractivity contribution is 9.10. The summed E-state index contributed by atoms with van der Waals surface area (Å²) in [4.78, 5) is 12.1. The van der Waals surface area contributed by atoms with Crippen LogP contribution in [0.4, 0.5) is 5.69 Å². The summed E-state index contributed by atoms with van der Waals surface area (Å²) < 4.78 is 1.95. The Hall–Kier alpha value is -0.880. The van der Waals surface area contributed by atoms with Crippen LogP contribution in [-0.4, -0.2) is 27.5 Å². The van der Waals surface area contributed by atoms with Crippen molar-refractivity contribution in [1.29, 1.82) is 0 Å². The van der Waals surface area contributed by atoms with Crippen LogP contribution in [0.25, 0.3) is 0 Å². The van der Waals surface area contributed by atoms with E-state index in [-0.39, 0.29) is 23.6 Å². The molecule has 0 fully saturated rings. The Bertz CT molecular complexity index is 494. The highest BCUT2D eigenvalue weighted by Gasteiger charge is 2.25. The molecule has 0 amide bonds. The van der Waals surface area contributed by atoms with Crippen molar-refractivity contribution in [3.63, 3.8) is 0 Å². The van der Waals surface area contributed by atoms with E-state index in [0.717, 1.165) is 6.42 Å². The van der Waals surface area contributed by atoms with Gasteiger partial charge in [0.25, 0.3) is 5.56 Å². The predicted molar refractivity (Wildman–Crippen MR) is 85.1 cm³/mol. The smallest absolute Gasteiger partial charge is 0.283 e. The minimum absolute atomic E-state index is 0.0273. The van der Waals surface area contributed by atoms with Crippen molar-refractivity contribution in [3.05, 3.63) is 21.0 Å². The second-order valence-electron chi connectivity index (χ2n) is 5.98. The highest BCUT2D eigenvalue weighted by atomic mass is 79.9. The van der Waals surface area contributed by atoms with Gasteiger partial charge in [0.2, 0.25) is 0 Å². The van der Waals surface area contributed by atoms with E-state index in [2.05, 4.69) is 47.1 Å². The second kappa shape index (κ2) is 7.22. The first-order valence-electron chi connectivity index (χ1n) is 6.94. The number of aliphatic hydroxyl groups excluding tert-OH is 1. The SMILES string of the molecule is CCCn1ncc(NC(CCO)C(C)(C)C)c(Br)c1=O. The van der Waals surface area contributed by atoms with Gasteiger partial charge < -0.3 is 10.4 Å². The Labute approximate surface area is 128 Å². The van der Waals surface area contributed by atoms with Crippen LogP contribution < -0.4 is 10.9 Å². The van der Waals surface area contributed by atoms with E-state index in [0.29, 0.717) is 23.1 Å². The molecule has 0 aliphatic carbocycles. The molecule has 6 heteroatoms. The van der Waals surface area contributed by atoms with Gasteiger partial charge in [0, 0.05) is 19.2 Å². The van der Waals surface area contributed by atoms with Crippen LogP contribution in [0.1, 0.15) is 40.5 Å². The van der Waals surface area contributed by atoms with Crippen LogP contribution >= 0.6 is 15.9 Å². The lowest BCUT2D eigenvalue weighted by molar-refractivity contribution is 0.235. The lowest BCUT2D eigenvalue weighted by Gasteiger charge is -2.32. The normalized spacial score (nSPS) is 13.3. The molecule has 1 rings (SSSR count). The number of anilines is 1. The zero-order valence-electron chi connectivity index (χ0n) is 12.6. The van der Waals surface area contributed by atoms with Crippen LogP contribution in [0.5, 0.6) is 0 Å². The zero-order chi connectivity index (χ0) is 15.3. The number of hydrogen-bond donors (Lipinski definition) is 2. The van der Waals surface area contributed by atoms with Crippen molar-refractivity contribution in [3.8, 4) is 0 Å². The van der Waals surface area contributed by atoms with Gasteiger partial charge in [0.15, 0.2) is 0 Å². The van der Waals surface area contributed by atoms with E-state index in [1.54, 1.807) is 6.20 Å². The van der Waals surface area contributed by atoms with Crippen molar-refractivity contribution in [2.24, 2.45) is 5.41 Å². The van der Waals surface area contributed by atoms with Gasteiger partial charge in [-0.2, -0.15) is 5.10 Å². The number of hydrogen-bond acceptors (Lipinski definition) is 4. The van der Waals surface area contributed by atoms with E-state index >= 15 is 0 Å². The third-order valence-electron chi connectivity index (χ3n) is 3.21. The first kappa shape index (κ1) is 17.2. The zero-order valence-corrected chi connectivity index (χ0v) is 14.2. The number of nitrogens with zero attached hydrogens (tertiary/aromatic N) is 2. The molecule has 0 bridgehead atoms. The van der Waals surface area contributed by atoms with Crippen molar-refractivity contribution in [2.45, 2.75) is 53.1 Å². The molecule has 114 valence electrons. The average Bonchev–Trinajstić information content (AvgIpc) is 2.36. The Kier molecular flexibility index (Phi) is 6.20. The van der Waals surface area contributed by atoms with Gasteiger partial charge >= 0.3 is 0 Å². The summed E-state index contributed by atoms with van der Waals surface area (Å²) >= 11 is 3.35. The van der Waals surface area contributed by atoms with E-state index in [4.69, 9.17) is 0 Å². The van der Waals surface area contributed by atoms with Crippen LogP contribution in [0, 0.1) is 5.41 Å². The molecule has 0 spiro atoms. The Balaban J connectivity index is 3.03. The Morgan fingerprint density at radius 3 is 2.65 bits per heavy atom. The third-order valence-corrected chi connectivity index (χ3v) is 3.98. The monoisotopic (exact) mass is 345 g/mol. The number of halogens is 1. The molecular weight excluding hydrogens is 322 g/mol. The second-order valence-corrected chi connectivity index (χ2v) is 6.77. The van der Waals surface area contributed by atoms with E-state index in [1.165, 1.54) is 4.68 Å². The maximum atomic E-state index is 12.1. The van der Waals surface area contributed by atoms with Crippen molar-refractivity contribution >= 4 is 21.6 Å². The molecule has 1 heterocycles. The summed E-state index contributed by atoms with van der Waals surface area (Å²) in [5.74, 6) is 0. The summed E-state index contributed by atoms with van der Waals surface area (Å²) in [6.07, 6.45) is 3.15. The molecule has 1 aromatic rings. The van der Waals surface area contributed by atoms with Crippen LogP contribution in [0.2, 0.25) is 0 Å². The van der Waals surface area contributed by atoms with E-state index in [1.807, 2.05) is 6.92 Å². The largest absolute Gasteiger partial charge is 0.396 e. The predicted octanol–water partition coefficient (Wildman–Crippen LogP) is 2.62. The van der Waals surface area contributed by atoms with E-state index < -0.39 is 0 Å². The fourth-order valence-electron chi connectivity index (χ4n) is 1.98. The molecular formula is C14H24BrN3O2. The molecule has 20 heavy (non-hydrogen) atoms. The summed E-state index contributed by atoms with van der Waals surface area (Å²) in [7, 11) is 0. The lowest BCUT2D eigenvalue weighted by Crippen LogP contribution is -2.36. The van der Waals surface area contributed by atoms with Crippen LogP contribution in [-0.2, 0) is 6.54 Å². The third kappa shape index (κ3) is 4.31. The Morgan fingerprint density at radius 1 is 1.50 bits per heavy atom. The van der Waals surface area contributed by atoms with Gasteiger partial charge in [-0.05, 0) is 34.2 Å². The molecule has 0 aromatic carbocycles. The molecule has 2 N–H and O–H groups in total. The van der Waals surface area contributed by atoms with Gasteiger partial charge in [0.1, 0.15) is 4.47 Å². The number of nitrogens with one attached hydrogen (secondary N) is 1. The first-order chi connectivity index (χ1) is 9.31. The first-order valence-corrected chi connectivity index (χ1v) is 7.73. The van der Waals surface area contributed by atoms with Gasteiger partial charge in [-0.1, -0.05) is 27.7 Å². The number of aromatic nitrogens is 2. The average molecular weight is 346 g/mol. The van der Waals surface area contributed by atoms with Crippen molar-refractivity contribution < 1.29 is 5.11 Å². The summed E-state index contributed by atoms with van der Waals surface area (Å²) in [6.45, 7) is 9.01. The number of aliphatic hydroxyl groups is 1. The van der Waals surface area contributed by atoms with Gasteiger partial charge in [-0.25, -0.2) is 4.68 Å². The lowest BCUT2D eigenvalue weighted by atomic mass is 9.85. The molecule has 0 radical (unpaired) electrons. The minimum atomic E-state index is -0.131. The van der Waals surface area contributed by atoms with Crippen LogP contribution in [0.3, 0.4) is 0 Å².